The van der Waals surface area contributed by atoms with Gasteiger partial charge in [0.05, 0.1) is 30.2 Å². The van der Waals surface area contributed by atoms with Gasteiger partial charge in [0.15, 0.2) is 0 Å². The Morgan fingerprint density at radius 3 is 1.73 bits per heavy atom. The van der Waals surface area contributed by atoms with Crippen LogP contribution in [0.3, 0.4) is 0 Å². The van der Waals surface area contributed by atoms with Gasteiger partial charge in [-0.3, -0.25) is 0 Å². The smallest absolute Gasteiger partial charge is 0.143 e. The molecule has 0 aliphatic carbocycles. The molecule has 0 atom stereocenters. The zero-order chi connectivity index (χ0) is 43.5. The van der Waals surface area contributed by atoms with Gasteiger partial charge in [0.2, 0.25) is 0 Å². The number of fused-ring (bicyclic) bond motifs is 7. The van der Waals surface area contributed by atoms with Crippen molar-refractivity contribution in [2.45, 2.75) is 0 Å². The molecule has 172 valence electrons. The highest BCUT2D eigenvalue weighted by Crippen LogP contribution is 2.47. The van der Waals surface area contributed by atoms with E-state index in [2.05, 4.69) is 0 Å². The van der Waals surface area contributed by atoms with Crippen LogP contribution >= 0.6 is 0 Å². The molecule has 0 radical (unpaired) electrons. The van der Waals surface area contributed by atoms with Crippen LogP contribution in [0.25, 0.3) is 76.5 Å². The summed E-state index contributed by atoms with van der Waals surface area (Å²) < 4.78 is 200. The van der Waals surface area contributed by atoms with E-state index < -0.39 is 209 Å². The van der Waals surface area contributed by atoms with E-state index in [1.54, 1.807) is 0 Å². The second-order valence-electron chi connectivity index (χ2n) is 8.01. The quantitative estimate of drug-likeness (QED) is 0.219. The second-order valence-corrected chi connectivity index (χ2v) is 8.01. The minimum atomic E-state index is -0.907. The summed E-state index contributed by atoms with van der Waals surface area (Å²) in [6.45, 7) is 0. The molecule has 0 spiro atoms. The van der Waals surface area contributed by atoms with Gasteiger partial charge >= 0.3 is 0 Å². The first-order chi connectivity index (χ1) is 27.5. The van der Waals surface area contributed by atoms with Crippen LogP contribution in [-0.2, 0) is 0 Å². The van der Waals surface area contributed by atoms with E-state index in [0.29, 0.717) is 0 Å². The van der Waals surface area contributed by atoms with E-state index >= 15 is 0 Å². The molecule has 0 N–H and O–H groups in total. The summed E-state index contributed by atoms with van der Waals surface area (Å²) in [4.78, 5) is 0. The number of benzene rings is 7. The maximum atomic E-state index is 9.36. The zero-order valence-corrected chi connectivity index (χ0v) is 18.4. The Morgan fingerprint density at radius 2 is 1.03 bits per heavy atom. The van der Waals surface area contributed by atoms with Crippen molar-refractivity contribution in [3.63, 3.8) is 0 Å². The molecule has 1 aromatic heterocycles. The summed E-state index contributed by atoms with van der Waals surface area (Å²) >= 11 is 0. The van der Waals surface area contributed by atoms with Crippen molar-refractivity contribution in [3.8, 4) is 22.3 Å². The van der Waals surface area contributed by atoms with Crippen LogP contribution in [0.15, 0.2) is 137 Å². The minimum absolute atomic E-state index is 0.401. The molecule has 0 bridgehead atoms. The fraction of sp³-hybridized carbons (Fsp3) is 0. The Kier molecular flexibility index (Phi) is 1.76. The van der Waals surface area contributed by atoms with Gasteiger partial charge in [0.25, 0.3) is 0 Å². The fourth-order valence-corrected chi connectivity index (χ4v) is 4.66. The van der Waals surface area contributed by atoms with Crippen LogP contribution in [0.5, 0.6) is 0 Å². The summed E-state index contributed by atoms with van der Waals surface area (Å²) in [7, 11) is 0. The minimum Gasteiger partial charge on any atom is -0.455 e. The highest BCUT2D eigenvalue weighted by Gasteiger charge is 2.20. The topological polar surface area (TPSA) is 13.1 Å². The van der Waals surface area contributed by atoms with Crippen molar-refractivity contribution in [3.05, 3.63) is 133 Å². The standard InChI is InChI=1S/C36H22O/c1-2-12-24(13-3-1)33-26-15-6-8-17-28(26)34(29-18-9-7-16-27(29)33)30-19-10-20-32-35(30)31-22-21-23-11-4-5-14-25(23)36(31)37-32/h1-22H/i1D,2D,3D,4D,5D,6D,7D,8D,9D,10D,11D,12D,13D,14D,15D,16D,17D,18D,19D,20D,21D,22D. The lowest BCUT2D eigenvalue weighted by Crippen LogP contribution is -1.91. The monoisotopic (exact) mass is 492 g/mol. The van der Waals surface area contributed by atoms with Crippen LogP contribution in [0.4, 0.5) is 0 Å². The van der Waals surface area contributed by atoms with Crippen molar-refractivity contribution in [1.82, 2.24) is 0 Å². The van der Waals surface area contributed by atoms with Crippen LogP contribution in [0.2, 0.25) is 0 Å². The second kappa shape index (κ2) is 7.81. The van der Waals surface area contributed by atoms with Gasteiger partial charge in [-0.2, -0.15) is 0 Å². The van der Waals surface area contributed by atoms with Gasteiger partial charge in [-0.05, 0) is 61.3 Å². The lowest BCUT2D eigenvalue weighted by molar-refractivity contribution is 0.673. The molecule has 8 aromatic rings. The zero-order valence-electron chi connectivity index (χ0n) is 40.4. The third kappa shape index (κ3) is 2.92. The molecule has 1 nitrogen and oxygen atoms in total. The average molecular weight is 493 g/mol. The van der Waals surface area contributed by atoms with Crippen molar-refractivity contribution < 1.29 is 34.6 Å². The summed E-state index contributed by atoms with van der Waals surface area (Å²) in [5.41, 5.74) is -3.53. The molecule has 0 fully saturated rings. The van der Waals surface area contributed by atoms with Gasteiger partial charge in [-0.15, -0.1) is 0 Å². The molecular formula is C36H22O. The van der Waals surface area contributed by atoms with Crippen molar-refractivity contribution in [1.29, 1.82) is 0 Å². The molecule has 8 rings (SSSR count). The first kappa shape index (κ1) is 8.33. The average Bonchev–Trinajstić information content (AvgIpc) is 3.60. The van der Waals surface area contributed by atoms with Gasteiger partial charge < -0.3 is 4.42 Å². The van der Waals surface area contributed by atoms with E-state index in [-0.39, 0.29) is 0 Å². The molecule has 0 aliphatic heterocycles. The Hall–Kier alpha value is -4.88. The lowest BCUT2D eigenvalue weighted by Gasteiger charge is -2.18. The number of rotatable bonds is 2. The summed E-state index contributed by atoms with van der Waals surface area (Å²) in [5.74, 6) is 0. The number of hydrogen-bond donors (Lipinski definition) is 0. The van der Waals surface area contributed by atoms with E-state index in [4.69, 9.17) is 27.7 Å². The number of hydrogen-bond acceptors (Lipinski definition) is 1. The maximum Gasteiger partial charge on any atom is 0.143 e. The van der Waals surface area contributed by atoms with E-state index in [9.17, 15) is 6.85 Å². The maximum absolute atomic E-state index is 9.36. The molecular weight excluding hydrogens is 448 g/mol. The highest BCUT2D eigenvalue weighted by molar-refractivity contribution is 6.26. The van der Waals surface area contributed by atoms with Crippen LogP contribution < -0.4 is 0 Å². The predicted molar refractivity (Wildman–Crippen MR) is 157 cm³/mol. The highest BCUT2D eigenvalue weighted by atomic mass is 16.3. The number of furan rings is 1. The molecule has 0 unspecified atom stereocenters. The molecule has 7 aromatic carbocycles. The Bertz CT molecular complexity index is 3240. The van der Waals surface area contributed by atoms with Gasteiger partial charge in [0.1, 0.15) is 11.2 Å². The van der Waals surface area contributed by atoms with Gasteiger partial charge in [0, 0.05) is 16.2 Å². The Morgan fingerprint density at radius 1 is 0.432 bits per heavy atom. The molecule has 0 saturated carbocycles. The van der Waals surface area contributed by atoms with Crippen LogP contribution in [0.1, 0.15) is 30.2 Å². The van der Waals surface area contributed by atoms with E-state index in [1.807, 2.05) is 0 Å². The lowest BCUT2D eigenvalue weighted by atomic mass is 9.85. The van der Waals surface area contributed by atoms with Crippen molar-refractivity contribution >= 4 is 54.3 Å². The van der Waals surface area contributed by atoms with Crippen molar-refractivity contribution in [2.24, 2.45) is 0 Å². The van der Waals surface area contributed by atoms with E-state index in [1.165, 1.54) is 0 Å². The molecule has 0 aliphatic rings. The molecule has 1 heteroatoms. The third-order valence-electron chi connectivity index (χ3n) is 6.12. The van der Waals surface area contributed by atoms with Gasteiger partial charge in [-0.25, -0.2) is 0 Å². The van der Waals surface area contributed by atoms with Crippen LogP contribution in [-0.4, -0.2) is 0 Å². The first-order valence-corrected chi connectivity index (χ1v) is 10.9. The van der Waals surface area contributed by atoms with Gasteiger partial charge in [-0.1, -0.05) is 121 Å². The summed E-state index contributed by atoms with van der Waals surface area (Å²) in [6.07, 6.45) is 0. The first-order valence-electron chi connectivity index (χ1n) is 21.9. The summed E-state index contributed by atoms with van der Waals surface area (Å²) in [5, 5.41) is -4.17. The van der Waals surface area contributed by atoms with Crippen molar-refractivity contribution in [2.75, 3.05) is 0 Å². The molecule has 1 heterocycles. The normalized spacial score (nSPS) is 20.1. The Balaban J connectivity index is 1.81. The third-order valence-corrected chi connectivity index (χ3v) is 6.12. The fourth-order valence-electron chi connectivity index (χ4n) is 4.66. The van der Waals surface area contributed by atoms with E-state index in [0.717, 1.165) is 0 Å². The predicted octanol–water partition coefficient (Wildman–Crippen LogP) is 10.4. The molecule has 0 amide bonds. The SMILES string of the molecule is [2H]c1c([2H])c([2H])c(-c2c3c([2H])c([2H])c([2H])c([2H])c3c(-c3c([2H])c([2H])c([2H])c4oc5c6c([2H])c([2H])c([2H])c([2H])c6c([2H])c([2H])c5c34)c3c([2H])c([2H])c([2H])c([2H])c23)c([2H])c1[2H]. The Labute approximate surface area is 245 Å². The summed E-state index contributed by atoms with van der Waals surface area (Å²) in [6, 6.07) is -18.5. The largest absolute Gasteiger partial charge is 0.455 e. The molecule has 0 saturated heterocycles. The molecule has 37 heavy (non-hydrogen) atoms. The van der Waals surface area contributed by atoms with Crippen LogP contribution in [0, 0.1) is 0 Å².